The van der Waals surface area contributed by atoms with Crippen LogP contribution in [0.3, 0.4) is 0 Å². The summed E-state index contributed by atoms with van der Waals surface area (Å²) >= 11 is 0. The molecule has 0 saturated heterocycles. The van der Waals surface area contributed by atoms with Crippen LogP contribution in [0.25, 0.3) is 111 Å². The first-order valence-corrected chi connectivity index (χ1v) is 21.1. The lowest BCUT2D eigenvalue weighted by Gasteiger charge is -2.12. The minimum Gasteiger partial charge on any atom is -0.309 e. The number of hydrogen-bond acceptors (Lipinski definition) is 2. The Kier molecular flexibility index (Phi) is 8.46. The van der Waals surface area contributed by atoms with Crippen molar-refractivity contribution in [1.82, 2.24) is 19.1 Å². The molecule has 12 rings (SSSR count). The summed E-state index contributed by atoms with van der Waals surface area (Å²) in [4.78, 5) is 10.0. The van der Waals surface area contributed by atoms with Gasteiger partial charge in [-0.25, -0.2) is 9.97 Å². The van der Waals surface area contributed by atoms with Crippen LogP contribution in [0.15, 0.2) is 231 Å². The third-order valence-electron chi connectivity index (χ3n) is 12.1. The minimum absolute atomic E-state index is 0.714. The zero-order valence-electron chi connectivity index (χ0n) is 33.7. The molecule has 0 aliphatic rings. The van der Waals surface area contributed by atoms with Crippen molar-refractivity contribution < 1.29 is 0 Å². The lowest BCUT2D eigenvalue weighted by molar-refractivity contribution is 1.18. The summed E-state index contributed by atoms with van der Waals surface area (Å²) in [5.41, 5.74) is 16.6. The molecule has 0 fully saturated rings. The Labute approximate surface area is 359 Å². The summed E-state index contributed by atoms with van der Waals surface area (Å²) in [7, 11) is 0. The molecule has 0 aliphatic heterocycles. The first-order valence-electron chi connectivity index (χ1n) is 21.1. The van der Waals surface area contributed by atoms with Gasteiger partial charge in [0, 0.05) is 49.6 Å². The average molecular weight is 791 g/mol. The Balaban J connectivity index is 0.923. The standard InChI is InChI=1S/C58H38N4/c1-4-15-40(16-5-1)52-38-53(60-58(59-52)42-17-6-2-7-18-42)41-29-27-39(28-30-41)44-32-34-56-51(36-44)49-24-11-13-26-55(49)62(56)47-22-14-19-43(35-47)45-31-33-50-48-23-10-12-25-54(48)61(57(50)37-45)46-20-8-3-9-21-46/h1-38H. The highest BCUT2D eigenvalue weighted by Gasteiger charge is 2.17. The predicted molar refractivity (Wildman–Crippen MR) is 258 cm³/mol. The number of nitrogens with zero attached hydrogens (tertiary/aromatic N) is 4. The molecule has 0 bridgehead atoms. The summed E-state index contributed by atoms with van der Waals surface area (Å²) < 4.78 is 4.79. The van der Waals surface area contributed by atoms with Gasteiger partial charge < -0.3 is 9.13 Å². The van der Waals surface area contributed by atoms with E-state index in [4.69, 9.17) is 9.97 Å². The number of para-hydroxylation sites is 3. The number of hydrogen-bond donors (Lipinski definition) is 0. The molecule has 0 unspecified atom stereocenters. The molecule has 290 valence electrons. The molecule has 62 heavy (non-hydrogen) atoms. The molecule has 9 aromatic carbocycles. The van der Waals surface area contributed by atoms with Gasteiger partial charge in [0.15, 0.2) is 5.82 Å². The molecule has 0 spiro atoms. The van der Waals surface area contributed by atoms with Crippen LogP contribution < -0.4 is 0 Å². The molecule has 3 aromatic heterocycles. The molecule has 3 heterocycles. The fraction of sp³-hybridized carbons (Fsp3) is 0. The third-order valence-corrected chi connectivity index (χ3v) is 12.1. The number of rotatable bonds is 7. The zero-order chi connectivity index (χ0) is 41.0. The van der Waals surface area contributed by atoms with Crippen molar-refractivity contribution in [3.63, 3.8) is 0 Å². The topological polar surface area (TPSA) is 35.6 Å². The summed E-state index contributed by atoms with van der Waals surface area (Å²) in [6.07, 6.45) is 0. The number of aromatic nitrogens is 4. The van der Waals surface area contributed by atoms with Gasteiger partial charge >= 0.3 is 0 Å². The maximum absolute atomic E-state index is 5.06. The Morgan fingerprint density at radius 3 is 1.40 bits per heavy atom. The van der Waals surface area contributed by atoms with Gasteiger partial charge in [0.05, 0.1) is 33.5 Å². The van der Waals surface area contributed by atoms with Crippen molar-refractivity contribution in [3.8, 4) is 67.5 Å². The molecule has 0 saturated carbocycles. The van der Waals surface area contributed by atoms with Gasteiger partial charge in [-0.1, -0.05) is 170 Å². The monoisotopic (exact) mass is 790 g/mol. The maximum Gasteiger partial charge on any atom is 0.160 e. The van der Waals surface area contributed by atoms with Crippen molar-refractivity contribution in [2.24, 2.45) is 0 Å². The van der Waals surface area contributed by atoms with Gasteiger partial charge in [0.2, 0.25) is 0 Å². The van der Waals surface area contributed by atoms with Crippen LogP contribution in [0.5, 0.6) is 0 Å². The van der Waals surface area contributed by atoms with E-state index in [0.717, 1.165) is 45.0 Å². The Bertz CT molecular complexity index is 3550. The van der Waals surface area contributed by atoms with E-state index in [1.807, 2.05) is 36.4 Å². The van der Waals surface area contributed by atoms with Crippen LogP contribution in [0.2, 0.25) is 0 Å². The second-order valence-corrected chi connectivity index (χ2v) is 15.8. The fourth-order valence-corrected chi connectivity index (χ4v) is 9.16. The SMILES string of the molecule is c1ccc(-c2cc(-c3ccc(-c4ccc5c(c4)c4ccccc4n5-c4cccc(-c5ccc6c7ccccc7n(-c7ccccc7)c6c5)c4)cc3)nc(-c3ccccc3)n2)cc1. The summed E-state index contributed by atoms with van der Waals surface area (Å²) in [6, 6.07) is 82.2. The van der Waals surface area contributed by atoms with Gasteiger partial charge in [0.1, 0.15) is 0 Å². The van der Waals surface area contributed by atoms with Crippen molar-refractivity contribution in [1.29, 1.82) is 0 Å². The summed E-state index contributed by atoms with van der Waals surface area (Å²) in [5, 5.41) is 4.95. The molecule has 4 nitrogen and oxygen atoms in total. The van der Waals surface area contributed by atoms with Crippen LogP contribution in [0.1, 0.15) is 0 Å². The lowest BCUT2D eigenvalue weighted by Crippen LogP contribution is -1.96. The lowest BCUT2D eigenvalue weighted by atomic mass is 10.00. The third kappa shape index (κ3) is 6.08. The van der Waals surface area contributed by atoms with Crippen LogP contribution >= 0.6 is 0 Å². The van der Waals surface area contributed by atoms with Gasteiger partial charge in [-0.05, 0) is 82.9 Å². The molecule has 0 amide bonds. The van der Waals surface area contributed by atoms with E-state index in [2.05, 4.69) is 203 Å². The van der Waals surface area contributed by atoms with Crippen molar-refractivity contribution >= 4 is 43.6 Å². The Morgan fingerprint density at radius 2 is 0.694 bits per heavy atom. The molecular formula is C58H38N4. The maximum atomic E-state index is 5.06. The zero-order valence-corrected chi connectivity index (χ0v) is 33.7. The molecular weight excluding hydrogens is 753 g/mol. The van der Waals surface area contributed by atoms with E-state index in [1.54, 1.807) is 0 Å². The first kappa shape index (κ1) is 35.6. The molecule has 0 radical (unpaired) electrons. The minimum atomic E-state index is 0.714. The molecule has 0 atom stereocenters. The van der Waals surface area contributed by atoms with Crippen molar-refractivity contribution in [2.45, 2.75) is 0 Å². The molecule has 12 aromatic rings. The number of fused-ring (bicyclic) bond motifs is 6. The van der Waals surface area contributed by atoms with E-state index < -0.39 is 0 Å². The summed E-state index contributed by atoms with van der Waals surface area (Å²) in [6.45, 7) is 0. The largest absolute Gasteiger partial charge is 0.309 e. The molecule has 0 N–H and O–H groups in total. The predicted octanol–water partition coefficient (Wildman–Crippen LogP) is 15.0. The Morgan fingerprint density at radius 1 is 0.242 bits per heavy atom. The van der Waals surface area contributed by atoms with Crippen molar-refractivity contribution in [3.05, 3.63) is 231 Å². The van der Waals surface area contributed by atoms with Gasteiger partial charge in [-0.2, -0.15) is 0 Å². The number of benzene rings is 9. The van der Waals surface area contributed by atoms with Crippen LogP contribution in [0, 0.1) is 0 Å². The Hall–Kier alpha value is -8.34. The van der Waals surface area contributed by atoms with Crippen LogP contribution in [0.4, 0.5) is 0 Å². The van der Waals surface area contributed by atoms with Gasteiger partial charge in [0.25, 0.3) is 0 Å². The van der Waals surface area contributed by atoms with Gasteiger partial charge in [-0.3, -0.25) is 0 Å². The highest BCUT2D eigenvalue weighted by molar-refractivity contribution is 6.11. The van der Waals surface area contributed by atoms with Crippen molar-refractivity contribution in [2.75, 3.05) is 0 Å². The van der Waals surface area contributed by atoms with E-state index >= 15 is 0 Å². The quantitative estimate of drug-likeness (QED) is 0.161. The highest BCUT2D eigenvalue weighted by atomic mass is 15.0. The van der Waals surface area contributed by atoms with E-state index in [-0.39, 0.29) is 0 Å². The second-order valence-electron chi connectivity index (χ2n) is 15.8. The summed E-state index contributed by atoms with van der Waals surface area (Å²) in [5.74, 6) is 0.714. The van der Waals surface area contributed by atoms with Crippen LogP contribution in [-0.4, -0.2) is 19.1 Å². The normalized spacial score (nSPS) is 11.5. The average Bonchev–Trinajstić information content (AvgIpc) is 3.87. The van der Waals surface area contributed by atoms with Crippen LogP contribution in [-0.2, 0) is 0 Å². The van der Waals surface area contributed by atoms with E-state index in [1.165, 1.54) is 60.3 Å². The second kappa shape index (κ2) is 14.7. The molecule has 0 aliphatic carbocycles. The fourth-order valence-electron chi connectivity index (χ4n) is 9.16. The first-order chi connectivity index (χ1) is 30.7. The van der Waals surface area contributed by atoms with Gasteiger partial charge in [-0.15, -0.1) is 0 Å². The highest BCUT2D eigenvalue weighted by Crippen LogP contribution is 2.39. The van der Waals surface area contributed by atoms with E-state index in [0.29, 0.717) is 5.82 Å². The molecule has 4 heteroatoms. The van der Waals surface area contributed by atoms with E-state index in [9.17, 15) is 0 Å². The smallest absolute Gasteiger partial charge is 0.160 e.